The van der Waals surface area contributed by atoms with Gasteiger partial charge in [-0.15, -0.1) is 0 Å². The fourth-order valence-corrected chi connectivity index (χ4v) is 5.02. The van der Waals surface area contributed by atoms with E-state index in [0.717, 1.165) is 11.1 Å². The summed E-state index contributed by atoms with van der Waals surface area (Å²) in [4.78, 5) is 40.0. The average molecular weight is 556 g/mol. The Morgan fingerprint density at radius 2 is 1.74 bits per heavy atom. The van der Waals surface area contributed by atoms with Crippen molar-refractivity contribution >= 4 is 35.5 Å². The predicted molar refractivity (Wildman–Crippen MR) is 151 cm³/mol. The fourth-order valence-electron chi connectivity index (χ4n) is 4.89. The summed E-state index contributed by atoms with van der Waals surface area (Å²) in [6.07, 6.45) is 1.31. The molecular weight excluding hydrogens is 518 g/mol. The van der Waals surface area contributed by atoms with Crippen molar-refractivity contribution in [3.05, 3.63) is 70.7 Å². The molecular formula is C29H38ClN5O4. The van der Waals surface area contributed by atoms with E-state index >= 15 is 0 Å². The number of alkyl carbamates (subject to hydrolysis) is 1. The number of carbonyl (C=O) groups excluding carboxylic acids is 3. The molecule has 10 heteroatoms. The zero-order chi connectivity index (χ0) is 28.6. The minimum absolute atomic E-state index is 0.0894. The number of methoxy groups -OCH3 is 1. The second-order valence-corrected chi connectivity index (χ2v) is 10.8. The maximum atomic E-state index is 13.6. The van der Waals surface area contributed by atoms with E-state index in [-0.39, 0.29) is 36.2 Å². The fraction of sp³-hybridized carbons (Fsp3) is 0.448. The lowest BCUT2D eigenvalue weighted by Gasteiger charge is -2.29. The summed E-state index contributed by atoms with van der Waals surface area (Å²) in [7, 11) is 1.24. The van der Waals surface area contributed by atoms with Crippen LogP contribution in [-0.4, -0.2) is 54.5 Å². The van der Waals surface area contributed by atoms with E-state index in [9.17, 15) is 14.4 Å². The molecule has 9 nitrogen and oxygen atoms in total. The molecule has 2 aromatic carbocycles. The van der Waals surface area contributed by atoms with Gasteiger partial charge >= 0.3 is 6.09 Å². The summed E-state index contributed by atoms with van der Waals surface area (Å²) >= 11 is 5.96. The Morgan fingerprint density at radius 3 is 2.36 bits per heavy atom. The predicted octanol–water partition coefficient (Wildman–Crippen LogP) is 4.20. The number of nitrogens with zero attached hydrogens (tertiary/aromatic N) is 1. The van der Waals surface area contributed by atoms with E-state index in [0.29, 0.717) is 30.8 Å². The zero-order valence-corrected chi connectivity index (χ0v) is 23.7. The van der Waals surface area contributed by atoms with Crippen molar-refractivity contribution in [3.8, 4) is 0 Å². The van der Waals surface area contributed by atoms with Gasteiger partial charge in [-0.25, -0.2) is 4.79 Å². The van der Waals surface area contributed by atoms with Crippen LogP contribution < -0.4 is 16.0 Å². The standard InChI is InChI=1S/C29H38ClN5O4/c1-19(2)18-29(22-10-6-5-7-11-22)26(37)35(27(31)34-29)16-8-9-20(3)32-25(36)24(33-28(38)39-4)17-21-12-14-23(30)15-13-21/h5-7,10-15,19-20,24H,8-9,16-18H2,1-4H3,(H2,31,34)(H,32,36)(H,33,38)/t20?,24-,29?/m0/s1. The molecule has 0 aromatic heterocycles. The molecule has 39 heavy (non-hydrogen) atoms. The molecule has 1 aliphatic rings. The first-order valence-electron chi connectivity index (χ1n) is 13.2. The molecule has 3 rings (SSSR count). The number of halogens is 1. The molecule has 1 aliphatic heterocycles. The van der Waals surface area contributed by atoms with Crippen LogP contribution >= 0.6 is 11.6 Å². The Labute approximate surface area is 235 Å². The molecule has 0 spiro atoms. The highest BCUT2D eigenvalue weighted by atomic mass is 35.5. The van der Waals surface area contributed by atoms with E-state index in [1.807, 2.05) is 37.3 Å². The maximum Gasteiger partial charge on any atom is 0.407 e. The molecule has 2 aromatic rings. The summed E-state index contributed by atoms with van der Waals surface area (Å²) in [5.41, 5.74) is 0.729. The third-order valence-electron chi connectivity index (χ3n) is 6.75. The quantitative estimate of drug-likeness (QED) is 0.312. The number of benzene rings is 2. The van der Waals surface area contributed by atoms with Gasteiger partial charge in [-0.2, -0.15) is 0 Å². The van der Waals surface area contributed by atoms with Gasteiger partial charge in [0.05, 0.1) is 7.11 Å². The largest absolute Gasteiger partial charge is 0.453 e. The monoisotopic (exact) mass is 555 g/mol. The van der Waals surface area contributed by atoms with Gasteiger partial charge in [-0.05, 0) is 55.4 Å². The lowest BCUT2D eigenvalue weighted by molar-refractivity contribution is -0.132. The highest BCUT2D eigenvalue weighted by Gasteiger charge is 2.50. The van der Waals surface area contributed by atoms with Crippen LogP contribution in [0.3, 0.4) is 0 Å². The first-order chi connectivity index (χ1) is 18.6. The van der Waals surface area contributed by atoms with Crippen LogP contribution in [0.25, 0.3) is 0 Å². The summed E-state index contributed by atoms with van der Waals surface area (Å²) in [5, 5.41) is 17.8. The zero-order valence-electron chi connectivity index (χ0n) is 22.9. The minimum Gasteiger partial charge on any atom is -0.453 e. The third kappa shape index (κ3) is 7.72. The SMILES string of the molecule is COC(=O)N[C@@H](Cc1ccc(Cl)cc1)C(=O)NC(C)CCCN1C(=N)NC(CC(C)C)(c2ccccc2)C1=O. The van der Waals surface area contributed by atoms with Crippen LogP contribution in [0.1, 0.15) is 51.2 Å². The van der Waals surface area contributed by atoms with Crippen LogP contribution in [0.2, 0.25) is 5.02 Å². The topological polar surface area (TPSA) is 124 Å². The molecule has 1 heterocycles. The second kappa shape index (κ2) is 13.5. The maximum absolute atomic E-state index is 13.6. The van der Waals surface area contributed by atoms with E-state index in [2.05, 4.69) is 29.8 Å². The van der Waals surface area contributed by atoms with Crippen molar-refractivity contribution in [1.82, 2.24) is 20.9 Å². The number of rotatable bonds is 12. The summed E-state index contributed by atoms with van der Waals surface area (Å²) in [6.45, 7) is 6.35. The average Bonchev–Trinajstić information content (AvgIpc) is 3.14. The van der Waals surface area contributed by atoms with Gasteiger partial charge in [0, 0.05) is 24.0 Å². The third-order valence-corrected chi connectivity index (χ3v) is 7.00. The number of amides is 3. The molecule has 3 atom stereocenters. The van der Waals surface area contributed by atoms with E-state index in [1.165, 1.54) is 12.0 Å². The van der Waals surface area contributed by atoms with Crippen molar-refractivity contribution in [3.63, 3.8) is 0 Å². The Balaban J connectivity index is 1.59. The van der Waals surface area contributed by atoms with Crippen molar-refractivity contribution < 1.29 is 19.1 Å². The van der Waals surface area contributed by atoms with Crippen LogP contribution in [0, 0.1) is 11.3 Å². The number of carbonyl (C=O) groups is 3. The first-order valence-corrected chi connectivity index (χ1v) is 13.6. The summed E-state index contributed by atoms with van der Waals surface area (Å²) < 4.78 is 4.69. The summed E-state index contributed by atoms with van der Waals surface area (Å²) in [5.74, 6) is -0.139. The molecule has 4 N–H and O–H groups in total. The van der Waals surface area contributed by atoms with Crippen LogP contribution in [0.4, 0.5) is 4.79 Å². The van der Waals surface area contributed by atoms with Gasteiger partial charge < -0.3 is 20.7 Å². The van der Waals surface area contributed by atoms with Gasteiger partial charge in [-0.1, -0.05) is 67.9 Å². The lowest BCUT2D eigenvalue weighted by Crippen LogP contribution is -2.50. The van der Waals surface area contributed by atoms with Gasteiger partial charge in [0.15, 0.2) is 5.96 Å². The molecule has 0 saturated carbocycles. The smallest absolute Gasteiger partial charge is 0.407 e. The Kier molecular flexibility index (Phi) is 10.3. The second-order valence-electron chi connectivity index (χ2n) is 10.4. The number of hydrogen-bond donors (Lipinski definition) is 4. The van der Waals surface area contributed by atoms with Crippen molar-refractivity contribution in [2.75, 3.05) is 13.7 Å². The first kappa shape index (κ1) is 30.0. The van der Waals surface area contributed by atoms with Crippen molar-refractivity contribution in [2.45, 2.75) is 64.1 Å². The molecule has 1 fully saturated rings. The molecule has 0 bridgehead atoms. The van der Waals surface area contributed by atoms with E-state index in [4.69, 9.17) is 21.7 Å². The Morgan fingerprint density at radius 1 is 1.08 bits per heavy atom. The van der Waals surface area contributed by atoms with Crippen LogP contribution in [-0.2, 0) is 26.3 Å². The number of ether oxygens (including phenoxy) is 1. The van der Waals surface area contributed by atoms with Crippen LogP contribution in [0.15, 0.2) is 54.6 Å². The molecule has 1 saturated heterocycles. The Bertz CT molecular complexity index is 1160. The van der Waals surface area contributed by atoms with Gasteiger partial charge in [-0.3, -0.25) is 19.9 Å². The lowest BCUT2D eigenvalue weighted by atomic mass is 9.82. The van der Waals surface area contributed by atoms with Crippen molar-refractivity contribution in [2.24, 2.45) is 5.92 Å². The normalized spacial score (nSPS) is 18.5. The Hall–Kier alpha value is -3.59. The number of nitrogens with one attached hydrogen (secondary N) is 4. The summed E-state index contributed by atoms with van der Waals surface area (Å²) in [6, 6.07) is 15.6. The molecule has 210 valence electrons. The number of guanidine groups is 1. The highest BCUT2D eigenvalue weighted by Crippen LogP contribution is 2.35. The van der Waals surface area contributed by atoms with Crippen LogP contribution in [0.5, 0.6) is 0 Å². The number of hydrogen-bond acceptors (Lipinski definition) is 5. The molecule has 0 radical (unpaired) electrons. The minimum atomic E-state index is -0.958. The van der Waals surface area contributed by atoms with E-state index in [1.54, 1.807) is 24.3 Å². The van der Waals surface area contributed by atoms with E-state index < -0.39 is 17.7 Å². The molecule has 3 amide bonds. The highest BCUT2D eigenvalue weighted by molar-refractivity contribution is 6.30. The van der Waals surface area contributed by atoms with Gasteiger partial charge in [0.2, 0.25) is 5.91 Å². The van der Waals surface area contributed by atoms with Crippen molar-refractivity contribution in [1.29, 1.82) is 5.41 Å². The van der Waals surface area contributed by atoms with Gasteiger partial charge in [0.1, 0.15) is 11.6 Å². The molecule has 0 aliphatic carbocycles. The molecule has 2 unspecified atom stereocenters. The van der Waals surface area contributed by atoms with Gasteiger partial charge in [0.25, 0.3) is 5.91 Å².